The lowest BCUT2D eigenvalue weighted by Gasteiger charge is -1.91. The molecule has 0 fully saturated rings. The van der Waals surface area contributed by atoms with Crippen LogP contribution in [0.15, 0.2) is 10.7 Å². The molecule has 0 saturated carbocycles. The molecule has 2 aromatic heterocycles. The van der Waals surface area contributed by atoms with Crippen molar-refractivity contribution in [2.24, 2.45) is 0 Å². The molecule has 0 atom stereocenters. The summed E-state index contributed by atoms with van der Waals surface area (Å²) in [6.45, 7) is 1.84. The Balaban J connectivity index is 2.91. The van der Waals surface area contributed by atoms with Gasteiger partial charge in [-0.05, 0) is 29.5 Å². The Kier molecular flexibility index (Phi) is 1.52. The van der Waals surface area contributed by atoms with Crippen molar-refractivity contribution >= 4 is 33.7 Å². The second-order valence-corrected chi connectivity index (χ2v) is 3.12. The number of nitrogens with zero attached hydrogens (tertiary/aromatic N) is 3. The smallest absolute Gasteiger partial charge is 0.217 e. The fraction of sp³-hybridized carbons (Fsp3) is 0.167. The highest BCUT2D eigenvalue weighted by Gasteiger charge is 2.05. The summed E-state index contributed by atoms with van der Waals surface area (Å²) in [4.78, 5) is 8.24. The molecule has 56 valence electrons. The lowest BCUT2D eigenvalue weighted by molar-refractivity contribution is 0.453. The SMILES string of the molecule is Cc1nc(I)c2oncc2n1. The topological polar surface area (TPSA) is 51.8 Å². The Morgan fingerprint density at radius 1 is 1.45 bits per heavy atom. The Hall–Kier alpha value is -0.720. The molecule has 5 heteroatoms. The predicted octanol–water partition coefficient (Wildman–Crippen LogP) is 1.53. The number of rotatable bonds is 0. The van der Waals surface area contributed by atoms with E-state index in [0.717, 1.165) is 15.0 Å². The Labute approximate surface area is 76.1 Å². The molecule has 0 unspecified atom stereocenters. The van der Waals surface area contributed by atoms with E-state index in [0.29, 0.717) is 5.58 Å². The molecule has 0 aliphatic heterocycles. The molecule has 0 saturated heterocycles. The Bertz CT molecular complexity index is 398. The average molecular weight is 261 g/mol. The third kappa shape index (κ3) is 1.09. The molecule has 0 N–H and O–H groups in total. The number of hydrogen-bond acceptors (Lipinski definition) is 4. The minimum atomic E-state index is 0.663. The van der Waals surface area contributed by atoms with E-state index in [1.165, 1.54) is 0 Å². The van der Waals surface area contributed by atoms with Crippen molar-refractivity contribution in [2.75, 3.05) is 0 Å². The number of aryl methyl sites for hydroxylation is 1. The van der Waals surface area contributed by atoms with Gasteiger partial charge in [0.1, 0.15) is 11.3 Å². The first-order valence-electron chi connectivity index (χ1n) is 3.02. The highest BCUT2D eigenvalue weighted by atomic mass is 127. The molecule has 0 spiro atoms. The lowest BCUT2D eigenvalue weighted by atomic mass is 10.5. The van der Waals surface area contributed by atoms with E-state index in [1.807, 2.05) is 6.92 Å². The number of fused-ring (bicyclic) bond motifs is 1. The second-order valence-electron chi connectivity index (χ2n) is 2.10. The van der Waals surface area contributed by atoms with E-state index in [9.17, 15) is 0 Å². The van der Waals surface area contributed by atoms with Crippen LogP contribution in [-0.4, -0.2) is 15.1 Å². The molecular formula is C6H4IN3O. The van der Waals surface area contributed by atoms with Crippen LogP contribution < -0.4 is 0 Å². The standard InChI is InChI=1S/C6H4IN3O/c1-3-9-4-2-8-11-5(4)6(7)10-3/h2H,1H3. The van der Waals surface area contributed by atoms with Crippen LogP contribution in [0.25, 0.3) is 11.1 Å². The van der Waals surface area contributed by atoms with E-state index in [4.69, 9.17) is 4.52 Å². The zero-order valence-corrected chi connectivity index (χ0v) is 7.86. The molecule has 2 heterocycles. The maximum absolute atomic E-state index is 4.92. The van der Waals surface area contributed by atoms with Crippen molar-refractivity contribution in [3.63, 3.8) is 0 Å². The van der Waals surface area contributed by atoms with Gasteiger partial charge < -0.3 is 4.52 Å². The van der Waals surface area contributed by atoms with Crippen LogP contribution in [0.5, 0.6) is 0 Å². The predicted molar refractivity (Wildman–Crippen MR) is 47.1 cm³/mol. The molecule has 0 amide bonds. The van der Waals surface area contributed by atoms with E-state index in [2.05, 4.69) is 37.7 Å². The lowest BCUT2D eigenvalue weighted by Crippen LogP contribution is -1.89. The van der Waals surface area contributed by atoms with Gasteiger partial charge in [0, 0.05) is 0 Å². The highest BCUT2D eigenvalue weighted by Crippen LogP contribution is 2.15. The van der Waals surface area contributed by atoms with Gasteiger partial charge in [-0.1, -0.05) is 5.16 Å². The van der Waals surface area contributed by atoms with Crippen LogP contribution in [0.2, 0.25) is 0 Å². The van der Waals surface area contributed by atoms with Gasteiger partial charge in [0.15, 0.2) is 3.70 Å². The van der Waals surface area contributed by atoms with Crippen molar-refractivity contribution in [1.29, 1.82) is 0 Å². The fourth-order valence-corrected chi connectivity index (χ4v) is 1.57. The summed E-state index contributed by atoms with van der Waals surface area (Å²) < 4.78 is 5.73. The van der Waals surface area contributed by atoms with Crippen molar-refractivity contribution in [3.05, 3.63) is 15.7 Å². The van der Waals surface area contributed by atoms with Crippen LogP contribution in [0.1, 0.15) is 5.82 Å². The number of aromatic nitrogens is 3. The molecule has 0 aliphatic carbocycles. The monoisotopic (exact) mass is 261 g/mol. The molecule has 11 heavy (non-hydrogen) atoms. The van der Waals surface area contributed by atoms with Crippen LogP contribution >= 0.6 is 22.6 Å². The zero-order valence-electron chi connectivity index (χ0n) is 5.71. The summed E-state index contributed by atoms with van der Waals surface area (Å²) in [5.41, 5.74) is 1.43. The van der Waals surface area contributed by atoms with Gasteiger partial charge >= 0.3 is 0 Å². The molecule has 0 bridgehead atoms. The van der Waals surface area contributed by atoms with Crippen molar-refractivity contribution < 1.29 is 4.52 Å². The largest absolute Gasteiger partial charge is 0.352 e. The van der Waals surface area contributed by atoms with Crippen molar-refractivity contribution in [3.8, 4) is 0 Å². The van der Waals surface area contributed by atoms with E-state index >= 15 is 0 Å². The second kappa shape index (κ2) is 2.40. The molecule has 4 nitrogen and oxygen atoms in total. The molecule has 0 aliphatic rings. The Morgan fingerprint density at radius 2 is 2.27 bits per heavy atom. The van der Waals surface area contributed by atoms with Gasteiger partial charge in [-0.15, -0.1) is 0 Å². The highest BCUT2D eigenvalue weighted by molar-refractivity contribution is 14.1. The first kappa shape index (κ1) is 6.96. The van der Waals surface area contributed by atoms with Crippen LogP contribution in [0, 0.1) is 10.6 Å². The Morgan fingerprint density at radius 3 is 3.09 bits per heavy atom. The normalized spacial score (nSPS) is 10.7. The summed E-state index contributed by atoms with van der Waals surface area (Å²) in [5, 5.41) is 3.62. The molecule has 2 rings (SSSR count). The van der Waals surface area contributed by atoms with Gasteiger partial charge in [0.05, 0.1) is 6.20 Å². The molecule has 0 radical (unpaired) electrons. The first-order chi connectivity index (χ1) is 5.27. The van der Waals surface area contributed by atoms with Crippen molar-refractivity contribution in [1.82, 2.24) is 15.1 Å². The van der Waals surface area contributed by atoms with Gasteiger partial charge in [-0.25, -0.2) is 9.97 Å². The van der Waals surface area contributed by atoms with Gasteiger partial charge in [-0.2, -0.15) is 0 Å². The van der Waals surface area contributed by atoms with E-state index in [1.54, 1.807) is 6.20 Å². The third-order valence-corrected chi connectivity index (χ3v) is 2.01. The van der Waals surface area contributed by atoms with Gasteiger partial charge in [0.25, 0.3) is 0 Å². The molecular weight excluding hydrogens is 257 g/mol. The quantitative estimate of drug-likeness (QED) is 0.533. The summed E-state index contributed by atoms with van der Waals surface area (Å²) in [5.74, 6) is 0.741. The van der Waals surface area contributed by atoms with Crippen LogP contribution in [-0.2, 0) is 0 Å². The minimum Gasteiger partial charge on any atom is -0.352 e. The van der Waals surface area contributed by atoms with Crippen molar-refractivity contribution in [2.45, 2.75) is 6.92 Å². The van der Waals surface area contributed by atoms with Crippen LogP contribution in [0.3, 0.4) is 0 Å². The average Bonchev–Trinajstić information content (AvgIpc) is 2.34. The third-order valence-electron chi connectivity index (χ3n) is 1.28. The van der Waals surface area contributed by atoms with Crippen LogP contribution in [0.4, 0.5) is 0 Å². The molecule has 2 aromatic rings. The minimum absolute atomic E-state index is 0.663. The zero-order chi connectivity index (χ0) is 7.84. The van der Waals surface area contributed by atoms with Gasteiger partial charge in [0.2, 0.25) is 5.58 Å². The summed E-state index contributed by atoms with van der Waals surface area (Å²) in [6.07, 6.45) is 1.59. The first-order valence-corrected chi connectivity index (χ1v) is 4.10. The summed E-state index contributed by atoms with van der Waals surface area (Å²) >= 11 is 2.10. The van der Waals surface area contributed by atoms with E-state index in [-0.39, 0.29) is 0 Å². The maximum atomic E-state index is 4.92. The summed E-state index contributed by atoms with van der Waals surface area (Å²) in [7, 11) is 0. The number of halogens is 1. The number of hydrogen-bond donors (Lipinski definition) is 0. The van der Waals surface area contributed by atoms with E-state index < -0.39 is 0 Å². The summed E-state index contributed by atoms with van der Waals surface area (Å²) in [6, 6.07) is 0. The fourth-order valence-electron chi connectivity index (χ4n) is 0.850. The molecule has 0 aromatic carbocycles. The van der Waals surface area contributed by atoms with Gasteiger partial charge in [-0.3, -0.25) is 0 Å². The maximum Gasteiger partial charge on any atom is 0.217 e.